The SMILES string of the molecule is COc1ccc(S(=O)(=O)Nc2nc3ccc(C(=O)Nc4cccc(C)n4)cc3s2)cc1. The van der Waals surface area contributed by atoms with Crippen LogP contribution in [0.15, 0.2) is 65.6 Å². The number of benzene rings is 2. The number of sulfonamides is 1. The van der Waals surface area contributed by atoms with Crippen LogP contribution in [0.3, 0.4) is 0 Å². The molecule has 0 unspecified atom stereocenters. The summed E-state index contributed by atoms with van der Waals surface area (Å²) < 4.78 is 33.5. The van der Waals surface area contributed by atoms with Gasteiger partial charge in [0.2, 0.25) is 0 Å². The van der Waals surface area contributed by atoms with Crippen molar-refractivity contribution in [2.24, 2.45) is 0 Å². The van der Waals surface area contributed by atoms with Crippen molar-refractivity contribution in [3.8, 4) is 5.75 Å². The number of ether oxygens (including phenoxy) is 1. The van der Waals surface area contributed by atoms with Crippen molar-refractivity contribution in [2.45, 2.75) is 11.8 Å². The van der Waals surface area contributed by atoms with Crippen molar-refractivity contribution in [2.75, 3.05) is 17.1 Å². The number of hydrogen-bond acceptors (Lipinski definition) is 7. The standard InChI is InChI=1S/C21H18N4O4S2/c1-13-4-3-5-19(22-13)24-20(26)14-6-11-17-18(12-14)30-21(23-17)25-31(27,28)16-9-7-15(29-2)8-10-16/h3-12H,1-2H3,(H,23,25)(H,22,24,26). The lowest BCUT2D eigenvalue weighted by molar-refractivity contribution is 0.102. The summed E-state index contributed by atoms with van der Waals surface area (Å²) in [6, 6.07) is 16.4. The van der Waals surface area contributed by atoms with Crippen molar-refractivity contribution in [3.63, 3.8) is 0 Å². The second-order valence-electron chi connectivity index (χ2n) is 6.60. The Bertz CT molecular complexity index is 1370. The van der Waals surface area contributed by atoms with Gasteiger partial charge in [0.1, 0.15) is 11.6 Å². The first-order valence-electron chi connectivity index (χ1n) is 9.16. The van der Waals surface area contributed by atoms with Crippen molar-refractivity contribution in [1.29, 1.82) is 0 Å². The highest BCUT2D eigenvalue weighted by Gasteiger charge is 2.17. The molecule has 4 aromatic rings. The van der Waals surface area contributed by atoms with Gasteiger partial charge in [-0.15, -0.1) is 0 Å². The molecule has 0 fully saturated rings. The van der Waals surface area contributed by atoms with Crippen LogP contribution in [0.4, 0.5) is 10.9 Å². The lowest BCUT2D eigenvalue weighted by Gasteiger charge is -2.05. The van der Waals surface area contributed by atoms with Gasteiger partial charge in [0.05, 0.1) is 22.2 Å². The fourth-order valence-corrected chi connectivity index (χ4v) is 4.98. The first-order valence-corrected chi connectivity index (χ1v) is 11.5. The number of carbonyl (C=O) groups excluding carboxylic acids is 1. The molecule has 0 spiro atoms. The number of methoxy groups -OCH3 is 1. The van der Waals surface area contributed by atoms with Gasteiger partial charge >= 0.3 is 0 Å². The number of carbonyl (C=O) groups is 1. The topological polar surface area (TPSA) is 110 Å². The molecular formula is C21H18N4O4S2. The largest absolute Gasteiger partial charge is 0.497 e. The van der Waals surface area contributed by atoms with Crippen LogP contribution in [0.2, 0.25) is 0 Å². The van der Waals surface area contributed by atoms with E-state index in [1.807, 2.05) is 19.1 Å². The van der Waals surface area contributed by atoms with E-state index in [4.69, 9.17) is 4.74 Å². The van der Waals surface area contributed by atoms with E-state index in [0.717, 1.165) is 17.0 Å². The Labute approximate surface area is 183 Å². The highest BCUT2D eigenvalue weighted by atomic mass is 32.2. The first kappa shape index (κ1) is 20.8. The summed E-state index contributed by atoms with van der Waals surface area (Å²) in [5, 5.41) is 2.96. The van der Waals surface area contributed by atoms with Crippen molar-refractivity contribution >= 4 is 48.4 Å². The third-order valence-corrected chi connectivity index (χ3v) is 6.79. The van der Waals surface area contributed by atoms with Gasteiger partial charge in [-0.25, -0.2) is 18.4 Å². The normalized spacial score (nSPS) is 11.3. The lowest BCUT2D eigenvalue weighted by atomic mass is 10.2. The summed E-state index contributed by atoms with van der Waals surface area (Å²) in [5.41, 5.74) is 1.80. The number of pyridine rings is 1. The fraction of sp³-hybridized carbons (Fsp3) is 0.0952. The highest BCUT2D eigenvalue weighted by molar-refractivity contribution is 7.93. The fourth-order valence-electron chi connectivity index (χ4n) is 2.84. The predicted molar refractivity (Wildman–Crippen MR) is 120 cm³/mol. The summed E-state index contributed by atoms with van der Waals surface area (Å²) in [6.07, 6.45) is 0. The molecule has 2 N–H and O–H groups in total. The van der Waals surface area contributed by atoms with E-state index >= 15 is 0 Å². The Kier molecular flexibility index (Phi) is 5.57. The van der Waals surface area contributed by atoms with Gasteiger partial charge < -0.3 is 10.1 Å². The van der Waals surface area contributed by atoms with Crippen LogP contribution in [0.25, 0.3) is 10.2 Å². The summed E-state index contributed by atoms with van der Waals surface area (Å²) in [7, 11) is -2.29. The van der Waals surface area contributed by atoms with Gasteiger partial charge in [0.15, 0.2) is 5.13 Å². The predicted octanol–water partition coefficient (Wildman–Crippen LogP) is 4.06. The van der Waals surface area contributed by atoms with E-state index in [0.29, 0.717) is 27.3 Å². The molecule has 158 valence electrons. The van der Waals surface area contributed by atoms with Gasteiger partial charge in [-0.2, -0.15) is 0 Å². The maximum atomic E-state index is 12.6. The number of aromatic nitrogens is 2. The third kappa shape index (κ3) is 4.65. The van der Waals surface area contributed by atoms with E-state index in [-0.39, 0.29) is 15.9 Å². The molecule has 2 heterocycles. The molecule has 0 aliphatic rings. The zero-order valence-electron chi connectivity index (χ0n) is 16.6. The number of anilines is 2. The molecule has 0 saturated carbocycles. The monoisotopic (exact) mass is 454 g/mol. The molecule has 0 saturated heterocycles. The van der Waals surface area contributed by atoms with Crippen LogP contribution in [0.5, 0.6) is 5.75 Å². The molecule has 0 aliphatic carbocycles. The molecule has 4 rings (SSSR count). The quantitative estimate of drug-likeness (QED) is 0.455. The number of amides is 1. The third-order valence-electron chi connectivity index (χ3n) is 4.37. The second-order valence-corrected chi connectivity index (χ2v) is 9.31. The molecule has 0 bridgehead atoms. The number of nitrogens with one attached hydrogen (secondary N) is 2. The molecule has 0 radical (unpaired) electrons. The van der Waals surface area contributed by atoms with E-state index in [1.54, 1.807) is 36.4 Å². The second kappa shape index (κ2) is 8.32. The molecule has 10 heteroatoms. The first-order chi connectivity index (χ1) is 14.8. The van der Waals surface area contributed by atoms with Gasteiger partial charge in [-0.1, -0.05) is 17.4 Å². The number of thiazole rings is 1. The Morgan fingerprint density at radius 1 is 1.03 bits per heavy atom. The summed E-state index contributed by atoms with van der Waals surface area (Å²) in [5.74, 6) is 0.710. The summed E-state index contributed by atoms with van der Waals surface area (Å²) in [6.45, 7) is 1.84. The van der Waals surface area contributed by atoms with Gasteiger partial charge in [-0.05, 0) is 61.5 Å². The minimum atomic E-state index is -3.80. The van der Waals surface area contributed by atoms with Crippen molar-refractivity contribution in [3.05, 3.63) is 71.9 Å². The van der Waals surface area contributed by atoms with E-state index in [1.165, 1.54) is 19.2 Å². The van der Waals surface area contributed by atoms with Crippen LogP contribution < -0.4 is 14.8 Å². The molecule has 1 amide bonds. The highest BCUT2D eigenvalue weighted by Crippen LogP contribution is 2.29. The van der Waals surface area contributed by atoms with Gasteiger partial charge in [-0.3, -0.25) is 9.52 Å². The molecular weight excluding hydrogens is 436 g/mol. The smallest absolute Gasteiger partial charge is 0.263 e. The molecule has 31 heavy (non-hydrogen) atoms. The Morgan fingerprint density at radius 2 is 1.81 bits per heavy atom. The van der Waals surface area contributed by atoms with Crippen LogP contribution in [-0.4, -0.2) is 31.4 Å². The lowest BCUT2D eigenvalue weighted by Crippen LogP contribution is -2.12. The van der Waals surface area contributed by atoms with E-state index in [2.05, 4.69) is 20.0 Å². The van der Waals surface area contributed by atoms with E-state index in [9.17, 15) is 13.2 Å². The van der Waals surface area contributed by atoms with Crippen LogP contribution in [0, 0.1) is 6.92 Å². The number of nitrogens with zero attached hydrogens (tertiary/aromatic N) is 2. The van der Waals surface area contributed by atoms with Crippen molar-refractivity contribution in [1.82, 2.24) is 9.97 Å². The molecule has 2 aromatic carbocycles. The number of fused-ring (bicyclic) bond motifs is 1. The maximum absolute atomic E-state index is 12.6. The minimum Gasteiger partial charge on any atom is -0.497 e. The average Bonchev–Trinajstić information content (AvgIpc) is 3.14. The molecule has 8 nitrogen and oxygen atoms in total. The van der Waals surface area contributed by atoms with E-state index < -0.39 is 10.0 Å². The zero-order valence-corrected chi connectivity index (χ0v) is 18.3. The minimum absolute atomic E-state index is 0.0956. The Morgan fingerprint density at radius 3 is 2.52 bits per heavy atom. The zero-order chi connectivity index (χ0) is 22.0. The number of aryl methyl sites for hydroxylation is 1. The molecule has 2 aromatic heterocycles. The Hall–Kier alpha value is -3.50. The van der Waals surface area contributed by atoms with Gasteiger partial charge in [0, 0.05) is 11.3 Å². The molecule has 0 aliphatic heterocycles. The Balaban J connectivity index is 1.55. The van der Waals surface area contributed by atoms with Crippen molar-refractivity contribution < 1.29 is 17.9 Å². The van der Waals surface area contributed by atoms with Gasteiger partial charge in [0.25, 0.3) is 15.9 Å². The average molecular weight is 455 g/mol. The van der Waals surface area contributed by atoms with Crippen LogP contribution in [0.1, 0.15) is 16.1 Å². The van der Waals surface area contributed by atoms with Crippen LogP contribution in [-0.2, 0) is 10.0 Å². The number of rotatable bonds is 6. The summed E-state index contributed by atoms with van der Waals surface area (Å²) in [4.78, 5) is 21.2. The molecule has 0 atom stereocenters. The van der Waals surface area contributed by atoms with Crippen LogP contribution >= 0.6 is 11.3 Å². The maximum Gasteiger partial charge on any atom is 0.263 e. The summed E-state index contributed by atoms with van der Waals surface area (Å²) >= 11 is 1.15. The number of hydrogen-bond donors (Lipinski definition) is 2.